The molecule has 2 aliphatic rings. The summed E-state index contributed by atoms with van der Waals surface area (Å²) in [6.07, 6.45) is 18.1. The zero-order chi connectivity index (χ0) is 12.9. The molecule has 0 saturated carbocycles. The van der Waals surface area contributed by atoms with Gasteiger partial charge < -0.3 is 10.2 Å². The van der Waals surface area contributed by atoms with E-state index in [9.17, 15) is 0 Å². The van der Waals surface area contributed by atoms with Crippen molar-refractivity contribution in [2.45, 2.75) is 9.02 Å². The van der Waals surface area contributed by atoms with Crippen LogP contribution in [0, 0.1) is 0 Å². The van der Waals surface area contributed by atoms with Crippen molar-refractivity contribution in [3.63, 3.8) is 0 Å². The number of allylic oxidation sites excluding steroid dienone is 8. The van der Waals surface area contributed by atoms with Gasteiger partial charge >= 0.3 is 74.8 Å². The Kier molecular flexibility index (Phi) is 10.1. The molecule has 0 aliphatic heterocycles. The van der Waals surface area contributed by atoms with Crippen LogP contribution in [0.3, 0.4) is 0 Å². The van der Waals surface area contributed by atoms with Gasteiger partial charge in [0.1, 0.15) is 0 Å². The van der Waals surface area contributed by atoms with Gasteiger partial charge in [0.2, 0.25) is 0 Å². The molecule has 0 fully saturated rings. The molecule has 2 aliphatic carbocycles. The summed E-state index contributed by atoms with van der Waals surface area (Å²) in [6, 6.07) is 0. The van der Waals surface area contributed by atoms with E-state index in [1.54, 1.807) is 0 Å². The Hall–Kier alpha value is -1.48. The van der Waals surface area contributed by atoms with Crippen LogP contribution in [0.1, 0.15) is 0 Å². The first-order valence-corrected chi connectivity index (χ1v) is 8.56. The second-order valence-corrected chi connectivity index (χ2v) is 8.26. The minimum Gasteiger partial charge on any atom is -0.483 e. The zero-order valence-electron chi connectivity index (χ0n) is 9.35. The summed E-state index contributed by atoms with van der Waals surface area (Å²) in [7, 11) is 0. The molecule has 0 atom stereocenters. The molecule has 0 aromatic carbocycles. The third-order valence-electron chi connectivity index (χ3n) is 2.20. The van der Waals surface area contributed by atoms with Crippen molar-refractivity contribution in [3.05, 3.63) is 48.6 Å². The first-order valence-electron chi connectivity index (χ1n) is 5.14. The average Bonchev–Trinajstić information content (AvgIpc) is 2.94. The quantitative estimate of drug-likeness (QED) is 0.604. The Morgan fingerprint density at radius 1 is 0.765 bits per heavy atom. The molecule has 88 valence electrons. The number of carboxylic acid groups (broad SMARTS) is 2. The summed E-state index contributed by atoms with van der Waals surface area (Å²) in [5, 5.41) is 13.8. The molecular formula is C12H14O4Zn. The van der Waals surface area contributed by atoms with Gasteiger partial charge in [0, 0.05) is 0 Å². The van der Waals surface area contributed by atoms with Gasteiger partial charge in [0.15, 0.2) is 0 Å². The van der Waals surface area contributed by atoms with Gasteiger partial charge in [-0.2, -0.15) is 0 Å². The van der Waals surface area contributed by atoms with Gasteiger partial charge in [-0.25, -0.2) is 0 Å². The standard InChI is InChI=1S/2C5H5.2CH2O2.Zn/c2*1-2-4-5-3-1;2*2-1-3;/h2*1-5H;2*1H,(H,2,3);. The summed E-state index contributed by atoms with van der Waals surface area (Å²) >= 11 is -0.410. The molecule has 0 saturated heterocycles. The molecule has 0 radical (unpaired) electrons. The van der Waals surface area contributed by atoms with E-state index in [1.807, 2.05) is 0 Å². The van der Waals surface area contributed by atoms with Crippen LogP contribution < -0.4 is 0 Å². The van der Waals surface area contributed by atoms with Crippen LogP contribution in [0.4, 0.5) is 0 Å². The summed E-state index contributed by atoms with van der Waals surface area (Å²) in [4.78, 5) is 16.7. The number of hydrogen-bond donors (Lipinski definition) is 2. The Bertz CT molecular complexity index is 275. The van der Waals surface area contributed by atoms with Crippen LogP contribution in [0.5, 0.6) is 0 Å². The molecule has 0 unspecified atom stereocenters. The molecule has 4 nitrogen and oxygen atoms in total. The van der Waals surface area contributed by atoms with E-state index in [-0.39, 0.29) is 12.9 Å². The second kappa shape index (κ2) is 11.0. The van der Waals surface area contributed by atoms with Crippen molar-refractivity contribution in [2.24, 2.45) is 0 Å². The van der Waals surface area contributed by atoms with Crippen LogP contribution in [0.2, 0.25) is 9.02 Å². The summed E-state index contributed by atoms with van der Waals surface area (Å²) in [5.74, 6) is 0. The average molecular weight is 288 g/mol. The topological polar surface area (TPSA) is 74.6 Å². The summed E-state index contributed by atoms with van der Waals surface area (Å²) in [5.41, 5.74) is 0. The summed E-state index contributed by atoms with van der Waals surface area (Å²) < 4.78 is 1.72. The fourth-order valence-corrected chi connectivity index (χ4v) is 5.54. The monoisotopic (exact) mass is 286 g/mol. The van der Waals surface area contributed by atoms with Crippen LogP contribution in [-0.2, 0) is 26.7 Å². The number of hydrogen-bond acceptors (Lipinski definition) is 2. The third kappa shape index (κ3) is 8.34. The predicted molar refractivity (Wildman–Crippen MR) is 61.4 cm³/mol. The van der Waals surface area contributed by atoms with Crippen LogP contribution in [0.15, 0.2) is 48.6 Å². The Morgan fingerprint density at radius 2 is 1.00 bits per heavy atom. The van der Waals surface area contributed by atoms with Crippen molar-refractivity contribution >= 4 is 12.9 Å². The Morgan fingerprint density at radius 3 is 1.24 bits per heavy atom. The van der Waals surface area contributed by atoms with Crippen molar-refractivity contribution in [3.8, 4) is 0 Å². The molecule has 0 spiro atoms. The third-order valence-corrected chi connectivity index (χ3v) is 6.77. The van der Waals surface area contributed by atoms with E-state index in [1.165, 1.54) is 0 Å². The fourth-order valence-electron chi connectivity index (χ4n) is 1.58. The molecular weight excluding hydrogens is 274 g/mol. The molecule has 0 aromatic rings. The minimum atomic E-state index is -0.410. The Labute approximate surface area is 108 Å². The largest absolute Gasteiger partial charge is 0.483 e. The molecule has 0 bridgehead atoms. The minimum absolute atomic E-state index is 0.250. The SMILES string of the molecule is C1=C[CH]([Zn][CH]2C=CC=C2)C=C1.O=CO.O=CO. The first-order chi connectivity index (χ1) is 8.28. The maximum absolute atomic E-state index is 8.36. The van der Waals surface area contributed by atoms with E-state index < -0.39 is 17.1 Å². The fraction of sp³-hybridized carbons (Fsp3) is 0.167. The molecule has 0 heterocycles. The van der Waals surface area contributed by atoms with Crippen LogP contribution in [-0.4, -0.2) is 23.2 Å². The van der Waals surface area contributed by atoms with Crippen molar-refractivity contribution < 1.29 is 36.9 Å². The van der Waals surface area contributed by atoms with Crippen molar-refractivity contribution in [2.75, 3.05) is 0 Å². The van der Waals surface area contributed by atoms with Gasteiger partial charge in [-0.05, 0) is 0 Å². The number of carbonyl (C=O) groups is 2. The molecule has 0 amide bonds. The molecule has 2 rings (SSSR count). The van der Waals surface area contributed by atoms with Gasteiger partial charge in [-0.15, -0.1) is 0 Å². The number of rotatable bonds is 2. The molecule has 2 N–H and O–H groups in total. The van der Waals surface area contributed by atoms with E-state index in [0.29, 0.717) is 0 Å². The van der Waals surface area contributed by atoms with E-state index in [0.717, 1.165) is 9.02 Å². The molecule has 17 heavy (non-hydrogen) atoms. The normalized spacial score (nSPS) is 15.5. The predicted octanol–water partition coefficient (Wildman–Crippen LogP) is 2.30. The van der Waals surface area contributed by atoms with Gasteiger partial charge in [-0.1, -0.05) is 0 Å². The molecule has 5 heteroatoms. The Balaban J connectivity index is 0.000000366. The van der Waals surface area contributed by atoms with E-state index in [2.05, 4.69) is 48.6 Å². The van der Waals surface area contributed by atoms with Crippen LogP contribution in [0.25, 0.3) is 0 Å². The second-order valence-electron chi connectivity index (χ2n) is 3.31. The van der Waals surface area contributed by atoms with Gasteiger partial charge in [0.05, 0.1) is 0 Å². The van der Waals surface area contributed by atoms with E-state index in [4.69, 9.17) is 19.8 Å². The first kappa shape index (κ1) is 15.5. The van der Waals surface area contributed by atoms with Gasteiger partial charge in [0.25, 0.3) is 12.9 Å². The van der Waals surface area contributed by atoms with Crippen molar-refractivity contribution in [1.29, 1.82) is 0 Å². The molecule has 0 aromatic heterocycles. The smallest absolute Gasteiger partial charge is 0.290 e. The van der Waals surface area contributed by atoms with E-state index >= 15 is 0 Å². The zero-order valence-corrected chi connectivity index (χ0v) is 12.3. The maximum atomic E-state index is 8.36. The maximum Gasteiger partial charge on any atom is 0.290 e. The van der Waals surface area contributed by atoms with Crippen molar-refractivity contribution in [1.82, 2.24) is 0 Å². The summed E-state index contributed by atoms with van der Waals surface area (Å²) in [6.45, 7) is -0.500. The van der Waals surface area contributed by atoms with Gasteiger partial charge in [-0.3, -0.25) is 9.59 Å². The van der Waals surface area contributed by atoms with Crippen LogP contribution >= 0.6 is 0 Å².